The predicted molar refractivity (Wildman–Crippen MR) is 139 cm³/mol. The molecule has 0 unspecified atom stereocenters. The first-order valence-corrected chi connectivity index (χ1v) is 15.7. The zero-order valence-electron chi connectivity index (χ0n) is 18.2. The molecule has 32 heavy (non-hydrogen) atoms. The molecule has 0 atom stereocenters. The first-order valence-electron chi connectivity index (χ1n) is 10.8. The number of rotatable bonds is 3. The van der Waals surface area contributed by atoms with Crippen molar-refractivity contribution in [2.75, 3.05) is 38.9 Å². The second-order valence-electron chi connectivity index (χ2n) is 8.69. The van der Waals surface area contributed by atoms with Crippen LogP contribution in [0.4, 0.5) is 0 Å². The van der Waals surface area contributed by atoms with Crippen molar-refractivity contribution < 1.29 is 22.4 Å². The Hall–Kier alpha value is -0.640. The maximum Gasteiger partial charge on any atom is 1.00 e. The summed E-state index contributed by atoms with van der Waals surface area (Å²) in [5.74, 6) is 0. The summed E-state index contributed by atoms with van der Waals surface area (Å²) in [4.78, 5) is 7.76. The first-order chi connectivity index (χ1) is 15.1. The fourth-order valence-electron chi connectivity index (χ4n) is 4.77. The molecule has 7 heteroatoms. The average molecular weight is 663 g/mol. The third-order valence-corrected chi connectivity index (χ3v) is 13.6. The van der Waals surface area contributed by atoms with Crippen LogP contribution in [0.5, 0.6) is 0 Å². The minimum atomic E-state index is -2.02. The number of benzene rings is 3. The molecule has 3 nitrogen and oxygen atoms in total. The Balaban J connectivity index is 0.000000185. The van der Waals surface area contributed by atoms with E-state index in [1.807, 2.05) is 18.2 Å². The van der Waals surface area contributed by atoms with Crippen molar-refractivity contribution >= 4 is 41.7 Å². The fraction of sp³-hybridized carbons (Fsp3) is 0.280. The van der Waals surface area contributed by atoms with Gasteiger partial charge in [-0.15, -0.1) is 5.30 Å². The zero-order valence-corrected chi connectivity index (χ0v) is 23.1. The molecule has 0 saturated carbocycles. The topological polar surface area (TPSA) is 9.72 Å². The maximum absolute atomic E-state index is 6.22. The van der Waals surface area contributed by atoms with Crippen molar-refractivity contribution in [3.8, 4) is 0 Å². The second-order valence-corrected chi connectivity index (χ2v) is 15.5. The van der Waals surface area contributed by atoms with Crippen LogP contribution >= 0.6 is 14.0 Å². The SMILES string of the molecule is C1N2CN3CN1C[PH+](C2)C3.Cc1c[c-]c(P(=S)(c2ccccc2)c2ccccc2)cc1.[Au+]. The van der Waals surface area contributed by atoms with Crippen LogP contribution < -0.4 is 15.9 Å². The summed E-state index contributed by atoms with van der Waals surface area (Å²) >= 11 is 6.22. The number of hydrogen-bond donors (Lipinski definition) is 0. The van der Waals surface area contributed by atoms with Gasteiger partial charge in [0, 0.05) is 14.0 Å². The minimum absolute atomic E-state index is 0. The average Bonchev–Trinajstić information content (AvgIpc) is 2.80. The van der Waals surface area contributed by atoms with E-state index in [0.717, 1.165) is 5.30 Å². The van der Waals surface area contributed by atoms with Crippen LogP contribution in [-0.4, -0.2) is 53.6 Å². The largest absolute Gasteiger partial charge is 1.00 e. The normalized spacial score (nSPS) is 25.4. The third kappa shape index (κ3) is 5.20. The van der Waals surface area contributed by atoms with E-state index in [1.54, 1.807) is 0 Å². The molecule has 4 fully saturated rings. The second kappa shape index (κ2) is 10.7. The fourth-order valence-corrected chi connectivity index (χ4v) is 11.2. The van der Waals surface area contributed by atoms with Gasteiger partial charge in [0.15, 0.2) is 0 Å². The quantitative estimate of drug-likeness (QED) is 0.242. The Morgan fingerprint density at radius 1 is 0.750 bits per heavy atom. The molecule has 0 radical (unpaired) electrons. The number of aryl methyl sites for hydroxylation is 1. The molecule has 4 heterocycles. The molecule has 0 N–H and O–H groups in total. The maximum atomic E-state index is 6.22. The van der Waals surface area contributed by atoms with Gasteiger partial charge in [-0.2, -0.15) is 29.8 Å². The molecule has 4 aliphatic heterocycles. The molecule has 4 aliphatic rings. The van der Waals surface area contributed by atoms with Crippen LogP contribution in [0.15, 0.2) is 78.9 Å². The summed E-state index contributed by atoms with van der Waals surface area (Å²) in [6, 6.07) is 28.6. The summed E-state index contributed by atoms with van der Waals surface area (Å²) in [5.41, 5.74) is 1.21. The van der Waals surface area contributed by atoms with E-state index in [4.69, 9.17) is 11.8 Å². The summed E-state index contributed by atoms with van der Waals surface area (Å²) in [7, 11) is 0.0297. The van der Waals surface area contributed by atoms with Crippen LogP contribution in [0.1, 0.15) is 5.56 Å². The van der Waals surface area contributed by atoms with Crippen molar-refractivity contribution in [3.63, 3.8) is 0 Å². The predicted octanol–water partition coefficient (Wildman–Crippen LogP) is 3.44. The van der Waals surface area contributed by atoms with Crippen LogP contribution in [0.25, 0.3) is 0 Å². The number of nitrogens with zero attached hydrogens (tertiary/aromatic N) is 3. The first kappa shape index (κ1) is 24.5. The van der Waals surface area contributed by atoms with Gasteiger partial charge in [0.25, 0.3) is 0 Å². The smallest absolute Gasteiger partial charge is 0.245 e. The van der Waals surface area contributed by atoms with E-state index in [2.05, 4.69) is 88.4 Å². The van der Waals surface area contributed by atoms with E-state index in [0.29, 0.717) is 0 Å². The zero-order chi connectivity index (χ0) is 21.3. The molecule has 0 aliphatic carbocycles. The van der Waals surface area contributed by atoms with Gasteiger partial charge in [0.2, 0.25) is 0 Å². The van der Waals surface area contributed by atoms with Crippen LogP contribution in [0, 0.1) is 13.0 Å². The Bertz CT molecular complexity index is 964. The molecular weight excluding hydrogens is 633 g/mol. The van der Waals surface area contributed by atoms with Crippen molar-refractivity contribution in [1.82, 2.24) is 14.7 Å². The van der Waals surface area contributed by atoms with E-state index in [1.165, 1.54) is 55.0 Å². The van der Waals surface area contributed by atoms with Crippen LogP contribution in [0.2, 0.25) is 0 Å². The molecule has 0 aromatic heterocycles. The van der Waals surface area contributed by atoms with Crippen LogP contribution in [-0.2, 0) is 34.2 Å². The van der Waals surface area contributed by atoms with Gasteiger partial charge in [0.05, 0.1) is 20.0 Å². The molecule has 3 aromatic rings. The number of hydrogen-bond acceptors (Lipinski definition) is 4. The summed E-state index contributed by atoms with van der Waals surface area (Å²) < 4.78 is 0. The van der Waals surface area contributed by atoms with E-state index >= 15 is 0 Å². The molecule has 3 aromatic carbocycles. The van der Waals surface area contributed by atoms with Crippen molar-refractivity contribution in [2.24, 2.45) is 0 Å². The molecule has 0 amide bonds. The van der Waals surface area contributed by atoms with Crippen LogP contribution in [0.3, 0.4) is 0 Å². The van der Waals surface area contributed by atoms with E-state index in [-0.39, 0.29) is 30.3 Å². The summed E-state index contributed by atoms with van der Waals surface area (Å²) in [6.45, 7) is 5.84. The molecule has 7 rings (SSSR count). The molecular formula is C25H29AuN3P2S+. The van der Waals surface area contributed by atoms with E-state index < -0.39 is 6.04 Å². The molecule has 170 valence electrons. The Kier molecular flexibility index (Phi) is 8.22. The molecule has 0 spiro atoms. The van der Waals surface area contributed by atoms with Gasteiger partial charge in [-0.05, 0) is 10.6 Å². The van der Waals surface area contributed by atoms with Gasteiger partial charge in [0.1, 0.15) is 18.9 Å². The molecule has 4 saturated heterocycles. The Morgan fingerprint density at radius 3 is 1.59 bits per heavy atom. The minimum Gasteiger partial charge on any atom is -0.245 e. The van der Waals surface area contributed by atoms with Crippen molar-refractivity contribution in [1.29, 1.82) is 0 Å². The van der Waals surface area contributed by atoms with E-state index in [9.17, 15) is 0 Å². The Labute approximate surface area is 214 Å². The van der Waals surface area contributed by atoms with Gasteiger partial charge < -0.3 is 0 Å². The van der Waals surface area contributed by atoms with Gasteiger partial charge in [-0.1, -0.05) is 79.4 Å². The van der Waals surface area contributed by atoms with Gasteiger partial charge in [-0.3, -0.25) is 0 Å². The standard InChI is InChI=1S/C19H16PS.C6H12N3P.Au/c1-16-12-14-19(15-13-16)20(21,17-8-4-2-5-9-17)18-10-6-3-7-11-18;1-7-2-9-3-8(1)5-10(4-7)6-9;/h2-14H,1H3;1-6H2;/q-1;;+1/p+1. The van der Waals surface area contributed by atoms with Crippen molar-refractivity contribution in [2.45, 2.75) is 6.92 Å². The third-order valence-electron chi connectivity index (χ3n) is 6.07. The monoisotopic (exact) mass is 662 g/mol. The molecule has 4 bridgehead atoms. The Morgan fingerprint density at radius 2 is 1.22 bits per heavy atom. The summed E-state index contributed by atoms with van der Waals surface area (Å²) in [6.07, 6.45) is 4.37. The van der Waals surface area contributed by atoms with Gasteiger partial charge in [-0.25, -0.2) is 14.7 Å². The van der Waals surface area contributed by atoms with Gasteiger partial charge >= 0.3 is 22.4 Å². The summed E-state index contributed by atoms with van der Waals surface area (Å²) in [5, 5.41) is 3.55. The van der Waals surface area contributed by atoms with Crippen molar-refractivity contribution in [3.05, 3.63) is 90.5 Å².